The van der Waals surface area contributed by atoms with E-state index in [4.69, 9.17) is 26.8 Å². The number of amides is 1. The Bertz CT molecular complexity index is 1200. The van der Waals surface area contributed by atoms with Gasteiger partial charge in [0.15, 0.2) is 17.3 Å². The van der Waals surface area contributed by atoms with Crippen molar-refractivity contribution in [3.63, 3.8) is 0 Å². The van der Waals surface area contributed by atoms with Crippen LogP contribution in [0.15, 0.2) is 36.7 Å². The molecule has 3 aromatic rings. The third kappa shape index (κ3) is 5.57. The third-order valence-corrected chi connectivity index (χ3v) is 6.58. The molecule has 1 fully saturated rings. The molecule has 1 aromatic heterocycles. The second-order valence-electron chi connectivity index (χ2n) is 8.61. The summed E-state index contributed by atoms with van der Waals surface area (Å²) < 4.78 is 26.3. The molecule has 10 heteroatoms. The lowest BCUT2D eigenvalue weighted by atomic mass is 9.86. The Morgan fingerprint density at radius 2 is 2.00 bits per heavy atom. The molecule has 2 aromatic carbocycles. The maximum Gasteiger partial charge on any atom is 0.225 e. The second-order valence-corrected chi connectivity index (χ2v) is 9.02. The van der Waals surface area contributed by atoms with Crippen molar-refractivity contribution >= 4 is 39.9 Å². The Balaban J connectivity index is 1.54. The van der Waals surface area contributed by atoms with Gasteiger partial charge in [0, 0.05) is 37.5 Å². The Labute approximate surface area is 208 Å². The molecule has 8 nitrogen and oxygen atoms in total. The molecule has 1 aliphatic carbocycles. The highest BCUT2D eigenvalue weighted by Crippen LogP contribution is 2.38. The minimum atomic E-state index is -0.561. The summed E-state index contributed by atoms with van der Waals surface area (Å²) in [6.45, 7) is 1.01. The van der Waals surface area contributed by atoms with E-state index in [9.17, 15) is 9.18 Å². The van der Waals surface area contributed by atoms with Crippen molar-refractivity contribution in [1.29, 1.82) is 0 Å². The first-order valence-corrected chi connectivity index (χ1v) is 11.9. The number of methoxy groups -OCH3 is 1. The number of likely N-dealkylation sites (N-methyl/N-ethyl adjacent to an activating group) is 1. The van der Waals surface area contributed by atoms with Crippen LogP contribution in [0.5, 0.6) is 11.5 Å². The lowest BCUT2D eigenvalue weighted by molar-refractivity contribution is -0.135. The van der Waals surface area contributed by atoms with Crippen LogP contribution in [0.4, 0.5) is 15.9 Å². The molecule has 186 valence electrons. The summed E-state index contributed by atoms with van der Waals surface area (Å²) in [5.74, 6) is 1.06. The highest BCUT2D eigenvalue weighted by molar-refractivity contribution is 6.31. The summed E-state index contributed by atoms with van der Waals surface area (Å²) in [6.07, 6.45) is 4.33. The van der Waals surface area contributed by atoms with Gasteiger partial charge >= 0.3 is 0 Å². The first kappa shape index (κ1) is 24.9. The van der Waals surface area contributed by atoms with Gasteiger partial charge in [0.05, 0.1) is 29.4 Å². The van der Waals surface area contributed by atoms with Gasteiger partial charge in [-0.25, -0.2) is 14.4 Å². The van der Waals surface area contributed by atoms with Crippen molar-refractivity contribution in [2.24, 2.45) is 11.7 Å². The van der Waals surface area contributed by atoms with E-state index in [1.807, 2.05) is 0 Å². The molecule has 0 radical (unpaired) electrons. The summed E-state index contributed by atoms with van der Waals surface area (Å²) in [5.41, 5.74) is 6.40. The number of nitrogens with two attached hydrogens (primary N) is 1. The zero-order valence-corrected chi connectivity index (χ0v) is 20.5. The van der Waals surface area contributed by atoms with Crippen molar-refractivity contribution in [1.82, 2.24) is 14.9 Å². The van der Waals surface area contributed by atoms with Crippen LogP contribution in [0.3, 0.4) is 0 Å². The van der Waals surface area contributed by atoms with Crippen LogP contribution in [0, 0.1) is 11.7 Å². The fourth-order valence-corrected chi connectivity index (χ4v) is 4.54. The van der Waals surface area contributed by atoms with E-state index >= 15 is 0 Å². The summed E-state index contributed by atoms with van der Waals surface area (Å²) in [5, 5.41) is 3.67. The van der Waals surface area contributed by atoms with Gasteiger partial charge in [0.2, 0.25) is 5.91 Å². The molecule has 0 atom stereocenters. The average molecular weight is 502 g/mol. The molecule has 1 aliphatic rings. The molecule has 1 saturated carbocycles. The Hall–Kier alpha value is -3.17. The van der Waals surface area contributed by atoms with E-state index in [2.05, 4.69) is 15.3 Å². The Kier molecular flexibility index (Phi) is 7.87. The van der Waals surface area contributed by atoms with Gasteiger partial charge in [-0.3, -0.25) is 4.79 Å². The number of fused-ring (bicyclic) bond motifs is 1. The molecule has 0 saturated heterocycles. The van der Waals surface area contributed by atoms with Crippen molar-refractivity contribution < 1.29 is 18.7 Å². The van der Waals surface area contributed by atoms with E-state index in [0.717, 1.165) is 25.7 Å². The van der Waals surface area contributed by atoms with Gasteiger partial charge in [-0.15, -0.1) is 0 Å². The number of nitrogens with one attached hydrogen (secondary N) is 1. The van der Waals surface area contributed by atoms with E-state index in [1.54, 1.807) is 43.3 Å². The topological polar surface area (TPSA) is 103 Å². The highest BCUT2D eigenvalue weighted by atomic mass is 35.5. The number of ether oxygens (including phenoxy) is 2. The molecule has 35 heavy (non-hydrogen) atoms. The van der Waals surface area contributed by atoms with Gasteiger partial charge in [-0.1, -0.05) is 17.7 Å². The van der Waals surface area contributed by atoms with Crippen molar-refractivity contribution in [3.05, 3.63) is 47.5 Å². The highest BCUT2D eigenvalue weighted by Gasteiger charge is 2.29. The number of benzene rings is 2. The summed E-state index contributed by atoms with van der Waals surface area (Å²) in [6, 6.07) is 8.29. The number of carbonyl (C=O) groups is 1. The average Bonchev–Trinajstić information content (AvgIpc) is 2.87. The normalized spacial score (nSPS) is 17.7. The quantitative estimate of drug-likeness (QED) is 0.467. The fraction of sp³-hybridized carbons (Fsp3) is 0.400. The van der Waals surface area contributed by atoms with Crippen LogP contribution >= 0.6 is 11.6 Å². The number of nitrogens with zero attached hydrogens (tertiary/aromatic N) is 3. The molecule has 0 bridgehead atoms. The van der Waals surface area contributed by atoms with Crippen LogP contribution in [-0.2, 0) is 4.79 Å². The number of rotatable bonds is 8. The summed E-state index contributed by atoms with van der Waals surface area (Å²) in [7, 11) is 3.36. The van der Waals surface area contributed by atoms with Gasteiger partial charge in [0.1, 0.15) is 12.1 Å². The van der Waals surface area contributed by atoms with Crippen LogP contribution in [0.2, 0.25) is 5.02 Å². The lowest BCUT2D eigenvalue weighted by Gasteiger charge is -2.31. The maximum atomic E-state index is 14.5. The summed E-state index contributed by atoms with van der Waals surface area (Å²) >= 11 is 5.92. The van der Waals surface area contributed by atoms with Gasteiger partial charge < -0.3 is 25.4 Å². The van der Waals surface area contributed by atoms with Crippen LogP contribution in [0.25, 0.3) is 10.9 Å². The standard InChI is InChI=1S/C25H29ClFN5O3/c1-32(11-10-28)25(33)15-6-8-16(9-7-15)35-22-12-17-20(13-21(22)34-2)29-14-30-24(17)31-19-5-3-4-18(26)23(19)27/h3-5,12-16H,6-11,28H2,1-2H3,(H,29,30,31). The van der Waals surface area contributed by atoms with Crippen LogP contribution in [-0.4, -0.2) is 54.1 Å². The van der Waals surface area contributed by atoms with E-state index < -0.39 is 5.82 Å². The van der Waals surface area contributed by atoms with E-state index in [0.29, 0.717) is 41.3 Å². The monoisotopic (exact) mass is 501 g/mol. The minimum Gasteiger partial charge on any atom is -0.493 e. The number of hydrogen-bond acceptors (Lipinski definition) is 7. The van der Waals surface area contributed by atoms with Crippen LogP contribution < -0.4 is 20.5 Å². The van der Waals surface area contributed by atoms with E-state index in [-0.39, 0.29) is 28.6 Å². The van der Waals surface area contributed by atoms with Crippen molar-refractivity contribution in [3.8, 4) is 11.5 Å². The van der Waals surface area contributed by atoms with Crippen molar-refractivity contribution in [2.75, 3.05) is 32.6 Å². The first-order chi connectivity index (χ1) is 16.9. The molecule has 0 aliphatic heterocycles. The van der Waals surface area contributed by atoms with Gasteiger partial charge in [-0.05, 0) is 43.9 Å². The molecular weight excluding hydrogens is 473 g/mol. The second kappa shape index (κ2) is 11.0. The molecular formula is C25H29ClFN5O3. The molecule has 0 unspecified atom stereocenters. The predicted molar refractivity (Wildman–Crippen MR) is 134 cm³/mol. The zero-order valence-electron chi connectivity index (χ0n) is 19.8. The number of anilines is 2. The van der Waals surface area contributed by atoms with Crippen LogP contribution in [0.1, 0.15) is 25.7 Å². The zero-order chi connectivity index (χ0) is 24.9. The molecule has 0 spiro atoms. The molecule has 3 N–H and O–H groups in total. The largest absolute Gasteiger partial charge is 0.493 e. The SMILES string of the molecule is COc1cc2ncnc(Nc3cccc(Cl)c3F)c2cc1OC1CCC(C(=O)N(C)CCN)CC1. The first-order valence-electron chi connectivity index (χ1n) is 11.6. The molecule has 1 amide bonds. The summed E-state index contributed by atoms with van der Waals surface area (Å²) in [4.78, 5) is 22.9. The maximum absolute atomic E-state index is 14.5. The van der Waals surface area contributed by atoms with E-state index in [1.165, 1.54) is 12.4 Å². The Morgan fingerprint density at radius 1 is 1.23 bits per heavy atom. The van der Waals surface area contributed by atoms with Crippen molar-refractivity contribution in [2.45, 2.75) is 31.8 Å². The fourth-order valence-electron chi connectivity index (χ4n) is 4.37. The number of aromatic nitrogens is 2. The van der Waals surface area contributed by atoms with Gasteiger partial charge in [0.25, 0.3) is 0 Å². The lowest BCUT2D eigenvalue weighted by Crippen LogP contribution is -2.39. The number of carbonyl (C=O) groups excluding carboxylic acids is 1. The number of hydrogen-bond donors (Lipinski definition) is 2. The van der Waals surface area contributed by atoms with Gasteiger partial charge in [-0.2, -0.15) is 0 Å². The minimum absolute atomic E-state index is 0.0123. The molecule has 1 heterocycles. The third-order valence-electron chi connectivity index (χ3n) is 6.28. The predicted octanol–water partition coefficient (Wildman–Crippen LogP) is 4.53. The smallest absolute Gasteiger partial charge is 0.225 e. The Morgan fingerprint density at radius 3 is 2.71 bits per heavy atom. The number of halogens is 2. The molecule has 4 rings (SSSR count).